The first kappa shape index (κ1) is 20.1. The second-order valence-electron chi connectivity index (χ2n) is 7.54. The molecular weight excluding hydrogens is 364 g/mol. The first-order valence-corrected chi connectivity index (χ1v) is 11.3. The van der Waals surface area contributed by atoms with Crippen LogP contribution in [0.4, 0.5) is 5.69 Å². The Morgan fingerprint density at radius 1 is 1.26 bits per heavy atom. The van der Waals surface area contributed by atoms with Crippen LogP contribution < -0.4 is 15.5 Å². The van der Waals surface area contributed by atoms with Gasteiger partial charge in [-0.15, -0.1) is 0 Å². The van der Waals surface area contributed by atoms with Gasteiger partial charge in [-0.1, -0.05) is 12.1 Å². The molecule has 2 unspecified atom stereocenters. The predicted octanol–water partition coefficient (Wildman–Crippen LogP) is 0.704. The number of anilines is 1. The van der Waals surface area contributed by atoms with Gasteiger partial charge in [0.1, 0.15) is 5.75 Å². The topological polar surface area (TPSA) is 81.8 Å². The van der Waals surface area contributed by atoms with E-state index in [0.717, 1.165) is 25.1 Å². The van der Waals surface area contributed by atoms with Gasteiger partial charge in [-0.3, -0.25) is 4.79 Å². The van der Waals surface area contributed by atoms with Gasteiger partial charge in [-0.05, 0) is 50.9 Å². The van der Waals surface area contributed by atoms with Crippen LogP contribution in [0.5, 0.6) is 0 Å². The summed E-state index contributed by atoms with van der Waals surface area (Å²) in [6.07, 6.45) is 1.87. The van der Waals surface area contributed by atoms with E-state index in [9.17, 15) is 13.2 Å². The molecule has 0 saturated carbocycles. The van der Waals surface area contributed by atoms with Crippen molar-refractivity contribution in [1.82, 2.24) is 14.9 Å². The summed E-state index contributed by atoms with van der Waals surface area (Å²) < 4.78 is 26.7. The minimum atomic E-state index is -3.59. The van der Waals surface area contributed by atoms with E-state index in [-0.39, 0.29) is 12.1 Å². The van der Waals surface area contributed by atoms with Crippen molar-refractivity contribution in [1.29, 1.82) is 0 Å². The standard InChI is InChI=1S/C19H30N4O3S/c1-15-5-3-6-17(13-15)22-9-11-23(12-10-22)27(25,26)14-19(24)21-18-7-4-8-20-16(18)2/h3,5-6,13,16,18,20H,4,7-12,14H2,1-2H3,(H,21,24). The van der Waals surface area contributed by atoms with E-state index in [1.807, 2.05) is 32.0 Å². The van der Waals surface area contributed by atoms with Gasteiger partial charge in [0.25, 0.3) is 0 Å². The van der Waals surface area contributed by atoms with E-state index in [4.69, 9.17) is 0 Å². The SMILES string of the molecule is Cc1cccc(N2CCN(S(=O)(=O)CC(=O)NC3CCCNC3C)CC2)c1. The van der Waals surface area contributed by atoms with Crippen LogP contribution in [0.1, 0.15) is 25.3 Å². The average Bonchev–Trinajstić information content (AvgIpc) is 2.63. The molecule has 0 aliphatic carbocycles. The summed E-state index contributed by atoms with van der Waals surface area (Å²) in [5.74, 6) is -0.877. The monoisotopic (exact) mass is 394 g/mol. The lowest BCUT2D eigenvalue weighted by Crippen LogP contribution is -2.54. The lowest BCUT2D eigenvalue weighted by molar-refractivity contribution is -0.119. The highest BCUT2D eigenvalue weighted by molar-refractivity contribution is 7.89. The zero-order valence-electron chi connectivity index (χ0n) is 16.1. The number of carbonyl (C=O) groups is 1. The summed E-state index contributed by atoms with van der Waals surface area (Å²) in [5.41, 5.74) is 2.30. The Kier molecular flexibility index (Phi) is 6.39. The van der Waals surface area contributed by atoms with Gasteiger partial charge in [0.15, 0.2) is 0 Å². The Bertz CT molecular complexity index is 760. The van der Waals surface area contributed by atoms with E-state index in [1.165, 1.54) is 9.87 Å². The third-order valence-corrected chi connectivity index (χ3v) is 7.20. The number of carbonyl (C=O) groups excluding carboxylic acids is 1. The number of piperidine rings is 1. The van der Waals surface area contributed by atoms with E-state index >= 15 is 0 Å². The number of amides is 1. The maximum absolute atomic E-state index is 12.6. The molecule has 27 heavy (non-hydrogen) atoms. The first-order valence-electron chi connectivity index (χ1n) is 9.67. The highest BCUT2D eigenvalue weighted by Gasteiger charge is 2.30. The van der Waals surface area contributed by atoms with Gasteiger partial charge in [-0.2, -0.15) is 4.31 Å². The van der Waals surface area contributed by atoms with E-state index < -0.39 is 21.7 Å². The van der Waals surface area contributed by atoms with Crippen molar-refractivity contribution in [3.63, 3.8) is 0 Å². The van der Waals surface area contributed by atoms with Crippen LogP contribution in [0.2, 0.25) is 0 Å². The van der Waals surface area contributed by atoms with Gasteiger partial charge in [-0.25, -0.2) is 8.42 Å². The molecule has 2 heterocycles. The zero-order chi connectivity index (χ0) is 19.4. The molecule has 3 rings (SSSR count). The fourth-order valence-electron chi connectivity index (χ4n) is 3.80. The molecule has 0 bridgehead atoms. The van der Waals surface area contributed by atoms with Crippen molar-refractivity contribution < 1.29 is 13.2 Å². The highest BCUT2D eigenvalue weighted by Crippen LogP contribution is 2.19. The molecule has 1 aromatic carbocycles. The maximum atomic E-state index is 12.6. The fourth-order valence-corrected chi connectivity index (χ4v) is 5.11. The molecule has 2 saturated heterocycles. The van der Waals surface area contributed by atoms with Crippen molar-refractivity contribution in [2.45, 2.75) is 38.8 Å². The van der Waals surface area contributed by atoms with Crippen LogP contribution in [-0.4, -0.2) is 69.2 Å². The number of hydrogen-bond acceptors (Lipinski definition) is 5. The Hall–Kier alpha value is -1.64. The van der Waals surface area contributed by atoms with Crippen LogP contribution in [0.25, 0.3) is 0 Å². The number of rotatable bonds is 5. The van der Waals surface area contributed by atoms with Crippen LogP contribution in [0.3, 0.4) is 0 Å². The van der Waals surface area contributed by atoms with E-state index in [2.05, 4.69) is 21.6 Å². The zero-order valence-corrected chi connectivity index (χ0v) is 17.0. The fraction of sp³-hybridized carbons (Fsp3) is 0.632. The van der Waals surface area contributed by atoms with Crippen molar-refractivity contribution >= 4 is 21.6 Å². The number of hydrogen-bond donors (Lipinski definition) is 2. The van der Waals surface area contributed by atoms with Crippen LogP contribution in [0.15, 0.2) is 24.3 Å². The summed E-state index contributed by atoms with van der Waals surface area (Å²) >= 11 is 0. The lowest BCUT2D eigenvalue weighted by Gasteiger charge is -2.35. The van der Waals surface area contributed by atoms with Gasteiger partial charge >= 0.3 is 0 Å². The first-order chi connectivity index (χ1) is 12.8. The van der Waals surface area contributed by atoms with E-state index in [0.29, 0.717) is 26.2 Å². The quantitative estimate of drug-likeness (QED) is 0.769. The van der Waals surface area contributed by atoms with Gasteiger partial charge in [0.2, 0.25) is 15.9 Å². The second kappa shape index (κ2) is 8.58. The van der Waals surface area contributed by atoms with Gasteiger partial charge in [0, 0.05) is 44.0 Å². The lowest BCUT2D eigenvalue weighted by atomic mass is 10.00. The second-order valence-corrected chi connectivity index (χ2v) is 9.51. The number of benzene rings is 1. The normalized spacial score (nSPS) is 24.6. The van der Waals surface area contributed by atoms with Crippen LogP contribution in [-0.2, 0) is 14.8 Å². The molecule has 1 aromatic rings. The van der Waals surface area contributed by atoms with Crippen LogP contribution >= 0.6 is 0 Å². The highest BCUT2D eigenvalue weighted by atomic mass is 32.2. The van der Waals surface area contributed by atoms with Crippen molar-refractivity contribution in [2.24, 2.45) is 0 Å². The number of piperazine rings is 1. The summed E-state index contributed by atoms with van der Waals surface area (Å²) in [6, 6.07) is 8.38. The van der Waals surface area contributed by atoms with Crippen molar-refractivity contribution in [3.05, 3.63) is 29.8 Å². The summed E-state index contributed by atoms with van der Waals surface area (Å²) in [6.45, 7) is 7.09. The summed E-state index contributed by atoms with van der Waals surface area (Å²) in [4.78, 5) is 14.5. The summed E-state index contributed by atoms with van der Waals surface area (Å²) in [7, 11) is -3.59. The molecule has 150 valence electrons. The Labute approximate surface area is 162 Å². The minimum absolute atomic E-state index is 0.000354. The molecule has 7 nitrogen and oxygen atoms in total. The molecule has 2 atom stereocenters. The smallest absolute Gasteiger partial charge is 0.236 e. The molecule has 0 aromatic heterocycles. The van der Waals surface area contributed by atoms with Gasteiger partial charge in [0.05, 0.1) is 0 Å². The van der Waals surface area contributed by atoms with Crippen molar-refractivity contribution in [2.75, 3.05) is 43.4 Å². The van der Waals surface area contributed by atoms with Gasteiger partial charge < -0.3 is 15.5 Å². The molecule has 2 aliphatic heterocycles. The minimum Gasteiger partial charge on any atom is -0.369 e. The molecule has 8 heteroatoms. The molecular formula is C19H30N4O3S. The number of nitrogens with one attached hydrogen (secondary N) is 2. The Morgan fingerprint density at radius 2 is 2.00 bits per heavy atom. The maximum Gasteiger partial charge on any atom is 0.236 e. The predicted molar refractivity (Wildman–Crippen MR) is 107 cm³/mol. The molecule has 0 radical (unpaired) electrons. The van der Waals surface area contributed by atoms with E-state index in [1.54, 1.807) is 0 Å². The third kappa shape index (κ3) is 5.21. The summed E-state index contributed by atoms with van der Waals surface area (Å²) in [5, 5.41) is 6.19. The largest absolute Gasteiger partial charge is 0.369 e. The number of aryl methyl sites for hydroxylation is 1. The Balaban J connectivity index is 1.52. The molecule has 2 fully saturated rings. The molecule has 2 aliphatic rings. The third-order valence-electron chi connectivity index (χ3n) is 5.42. The molecule has 2 N–H and O–H groups in total. The van der Waals surface area contributed by atoms with Crippen molar-refractivity contribution in [3.8, 4) is 0 Å². The Morgan fingerprint density at radius 3 is 2.67 bits per heavy atom. The molecule has 0 spiro atoms. The number of sulfonamides is 1. The van der Waals surface area contributed by atoms with Crippen LogP contribution in [0, 0.1) is 6.92 Å². The number of nitrogens with zero attached hydrogens (tertiary/aromatic N) is 2. The molecule has 1 amide bonds. The average molecular weight is 395 g/mol.